The van der Waals surface area contributed by atoms with Crippen LogP contribution in [0.25, 0.3) is 0 Å². The second kappa shape index (κ2) is 8.32. The van der Waals surface area contributed by atoms with Gasteiger partial charge in [-0.05, 0) is 68.8 Å². The first-order valence-corrected chi connectivity index (χ1v) is 11.3. The summed E-state index contributed by atoms with van der Waals surface area (Å²) in [4.78, 5) is 12.6. The van der Waals surface area contributed by atoms with E-state index >= 15 is 0 Å². The Balaban J connectivity index is 1.74. The number of anilines is 1. The quantitative estimate of drug-likeness (QED) is 0.725. The van der Waals surface area contributed by atoms with E-state index in [1.54, 1.807) is 24.3 Å². The third-order valence-electron chi connectivity index (χ3n) is 4.69. The van der Waals surface area contributed by atoms with Gasteiger partial charge in [0.15, 0.2) is 0 Å². The Morgan fingerprint density at radius 2 is 1.71 bits per heavy atom. The van der Waals surface area contributed by atoms with Crippen LogP contribution in [-0.2, 0) is 10.0 Å². The number of aryl methyl sites for hydroxylation is 1. The first-order chi connectivity index (χ1) is 13.2. The predicted molar refractivity (Wildman–Crippen MR) is 114 cm³/mol. The van der Waals surface area contributed by atoms with Crippen LogP contribution < -0.4 is 10.6 Å². The third kappa shape index (κ3) is 4.63. The Bertz CT molecular complexity index is 967. The predicted octanol–water partition coefficient (Wildman–Crippen LogP) is 3.38. The molecule has 2 atom stereocenters. The Labute approximate surface area is 174 Å². The van der Waals surface area contributed by atoms with Gasteiger partial charge in [-0.3, -0.25) is 4.79 Å². The number of halogens is 1. The number of carbonyl (C=O) groups excluding carboxylic acids is 1. The minimum absolute atomic E-state index is 0.103. The number of amides is 1. The van der Waals surface area contributed by atoms with Gasteiger partial charge >= 0.3 is 0 Å². The van der Waals surface area contributed by atoms with Crippen LogP contribution in [0.3, 0.4) is 0 Å². The van der Waals surface area contributed by atoms with Gasteiger partial charge in [-0.2, -0.15) is 4.31 Å². The molecule has 1 heterocycles. The van der Waals surface area contributed by atoms with Crippen molar-refractivity contribution in [1.29, 1.82) is 0 Å². The number of carbonyl (C=O) groups is 1. The molecule has 0 aliphatic carbocycles. The summed E-state index contributed by atoms with van der Waals surface area (Å²) >= 11 is 3.42. The lowest BCUT2D eigenvalue weighted by Gasteiger charge is -2.35. The molecule has 1 fully saturated rings. The molecule has 8 heteroatoms. The van der Waals surface area contributed by atoms with Crippen molar-refractivity contribution in [1.82, 2.24) is 9.62 Å². The van der Waals surface area contributed by atoms with E-state index in [1.807, 2.05) is 26.8 Å². The molecule has 1 saturated heterocycles. The molecule has 0 spiro atoms. The van der Waals surface area contributed by atoms with Crippen LogP contribution in [0.15, 0.2) is 51.8 Å². The molecule has 0 aromatic heterocycles. The van der Waals surface area contributed by atoms with E-state index in [1.165, 1.54) is 16.4 Å². The zero-order valence-corrected chi connectivity index (χ0v) is 18.5. The summed E-state index contributed by atoms with van der Waals surface area (Å²) in [5, 5.41) is 6.13. The molecule has 2 unspecified atom stereocenters. The monoisotopic (exact) mass is 465 g/mol. The number of nitrogens with one attached hydrogen (secondary N) is 2. The molecule has 2 aromatic carbocycles. The highest BCUT2D eigenvalue weighted by atomic mass is 79.9. The van der Waals surface area contributed by atoms with E-state index in [9.17, 15) is 13.2 Å². The van der Waals surface area contributed by atoms with Crippen molar-refractivity contribution in [2.24, 2.45) is 0 Å². The van der Waals surface area contributed by atoms with Gasteiger partial charge in [0.1, 0.15) is 0 Å². The SMILES string of the molecule is Cc1cc(C(=O)Nc2ccc(S(=O)(=O)N3CC(C)NC(C)C3)cc2)ccc1Br. The van der Waals surface area contributed by atoms with Crippen molar-refractivity contribution in [3.05, 3.63) is 58.1 Å². The fourth-order valence-corrected chi connectivity index (χ4v) is 5.19. The number of sulfonamides is 1. The van der Waals surface area contributed by atoms with Gasteiger partial charge in [0.25, 0.3) is 5.91 Å². The highest BCUT2D eigenvalue weighted by molar-refractivity contribution is 9.10. The minimum atomic E-state index is -3.56. The van der Waals surface area contributed by atoms with E-state index in [2.05, 4.69) is 26.6 Å². The van der Waals surface area contributed by atoms with Gasteiger partial charge in [-0.1, -0.05) is 15.9 Å². The summed E-state index contributed by atoms with van der Waals surface area (Å²) < 4.78 is 28.3. The van der Waals surface area contributed by atoms with Crippen LogP contribution in [0.5, 0.6) is 0 Å². The second-order valence-electron chi connectivity index (χ2n) is 7.23. The van der Waals surface area contributed by atoms with Crippen LogP contribution in [0.2, 0.25) is 0 Å². The molecule has 1 amide bonds. The molecule has 0 bridgehead atoms. The Morgan fingerprint density at radius 3 is 2.29 bits per heavy atom. The number of rotatable bonds is 4. The molecule has 2 N–H and O–H groups in total. The lowest BCUT2D eigenvalue weighted by atomic mass is 10.1. The normalized spacial score (nSPS) is 20.7. The molecule has 1 aliphatic heterocycles. The molecule has 6 nitrogen and oxygen atoms in total. The number of benzene rings is 2. The lowest BCUT2D eigenvalue weighted by Crippen LogP contribution is -2.55. The number of piperazine rings is 1. The maximum absolute atomic E-state index is 12.9. The molecule has 0 radical (unpaired) electrons. The van der Waals surface area contributed by atoms with Crippen molar-refractivity contribution in [3.63, 3.8) is 0 Å². The second-order valence-corrected chi connectivity index (χ2v) is 10.0. The van der Waals surface area contributed by atoms with Gasteiger partial charge in [0.05, 0.1) is 4.90 Å². The van der Waals surface area contributed by atoms with Crippen LogP contribution in [0, 0.1) is 6.92 Å². The molecular weight excluding hydrogens is 442 g/mol. The molecule has 28 heavy (non-hydrogen) atoms. The van der Waals surface area contributed by atoms with Crippen LogP contribution in [0.1, 0.15) is 29.8 Å². The molecule has 0 saturated carbocycles. The first-order valence-electron chi connectivity index (χ1n) is 9.10. The van der Waals surface area contributed by atoms with E-state index < -0.39 is 10.0 Å². The zero-order chi connectivity index (χ0) is 20.5. The topological polar surface area (TPSA) is 78.5 Å². The summed E-state index contributed by atoms with van der Waals surface area (Å²) in [6, 6.07) is 11.9. The molecule has 1 aliphatic rings. The van der Waals surface area contributed by atoms with Crippen molar-refractivity contribution >= 4 is 37.5 Å². The van der Waals surface area contributed by atoms with Gasteiger partial charge in [-0.25, -0.2) is 8.42 Å². The summed E-state index contributed by atoms with van der Waals surface area (Å²) in [6.45, 7) is 6.74. The average Bonchev–Trinajstić information content (AvgIpc) is 2.63. The summed E-state index contributed by atoms with van der Waals surface area (Å²) in [6.07, 6.45) is 0. The van der Waals surface area contributed by atoms with Gasteiger partial charge in [0, 0.05) is 40.9 Å². The fourth-order valence-electron chi connectivity index (χ4n) is 3.32. The molecule has 3 rings (SSSR count). The largest absolute Gasteiger partial charge is 0.322 e. The standard InChI is InChI=1S/C20H24BrN3O3S/c1-13-10-16(4-9-19(13)21)20(25)23-17-5-7-18(8-6-17)28(26,27)24-11-14(2)22-15(3)12-24/h4-10,14-15,22H,11-12H2,1-3H3,(H,23,25). The van der Waals surface area contributed by atoms with Crippen molar-refractivity contribution in [2.45, 2.75) is 37.8 Å². The minimum Gasteiger partial charge on any atom is -0.322 e. The first kappa shape index (κ1) is 21.0. The van der Waals surface area contributed by atoms with Crippen LogP contribution >= 0.6 is 15.9 Å². The van der Waals surface area contributed by atoms with Crippen molar-refractivity contribution in [2.75, 3.05) is 18.4 Å². The molecule has 2 aromatic rings. The lowest BCUT2D eigenvalue weighted by molar-refractivity contribution is 0.102. The highest BCUT2D eigenvalue weighted by Crippen LogP contribution is 2.22. The maximum Gasteiger partial charge on any atom is 0.255 e. The number of hydrogen-bond acceptors (Lipinski definition) is 4. The van der Waals surface area contributed by atoms with E-state index in [4.69, 9.17) is 0 Å². The molecular formula is C20H24BrN3O3S. The third-order valence-corrected chi connectivity index (χ3v) is 7.43. The highest BCUT2D eigenvalue weighted by Gasteiger charge is 2.31. The smallest absolute Gasteiger partial charge is 0.255 e. The average molecular weight is 466 g/mol. The van der Waals surface area contributed by atoms with Gasteiger partial charge in [0.2, 0.25) is 10.0 Å². The zero-order valence-electron chi connectivity index (χ0n) is 16.1. The summed E-state index contributed by atoms with van der Waals surface area (Å²) in [5.74, 6) is -0.240. The summed E-state index contributed by atoms with van der Waals surface area (Å²) in [7, 11) is -3.56. The van der Waals surface area contributed by atoms with Gasteiger partial charge in [-0.15, -0.1) is 0 Å². The van der Waals surface area contributed by atoms with E-state index in [0.29, 0.717) is 24.3 Å². The van der Waals surface area contributed by atoms with Crippen LogP contribution in [-0.4, -0.2) is 43.8 Å². The van der Waals surface area contributed by atoms with Gasteiger partial charge < -0.3 is 10.6 Å². The Hall–Kier alpha value is -1.74. The maximum atomic E-state index is 12.9. The molecule has 150 valence electrons. The fraction of sp³-hybridized carbons (Fsp3) is 0.350. The van der Waals surface area contributed by atoms with E-state index in [-0.39, 0.29) is 22.9 Å². The van der Waals surface area contributed by atoms with E-state index in [0.717, 1.165) is 10.0 Å². The van der Waals surface area contributed by atoms with Crippen LogP contribution in [0.4, 0.5) is 5.69 Å². The van der Waals surface area contributed by atoms with Crippen molar-refractivity contribution in [3.8, 4) is 0 Å². The Morgan fingerprint density at radius 1 is 1.11 bits per heavy atom. The number of hydrogen-bond donors (Lipinski definition) is 2. The summed E-state index contributed by atoms with van der Waals surface area (Å²) in [5.41, 5.74) is 2.06. The van der Waals surface area contributed by atoms with Crippen molar-refractivity contribution < 1.29 is 13.2 Å². The number of nitrogens with zero attached hydrogens (tertiary/aromatic N) is 1. The Kier molecular flexibility index (Phi) is 6.24.